The number of piperidine rings is 1. The van der Waals surface area contributed by atoms with Crippen molar-refractivity contribution in [2.45, 2.75) is 18.5 Å². The van der Waals surface area contributed by atoms with Crippen LogP contribution in [0.1, 0.15) is 16.8 Å². The lowest BCUT2D eigenvalue weighted by Crippen LogP contribution is -2.67. The summed E-state index contributed by atoms with van der Waals surface area (Å²) in [5.41, 5.74) is 2.32. The maximum absolute atomic E-state index is 13.8. The molecule has 3 nitrogen and oxygen atoms in total. The molecule has 27 heavy (non-hydrogen) atoms. The highest BCUT2D eigenvalue weighted by molar-refractivity contribution is 6.31. The Labute approximate surface area is 161 Å². The van der Waals surface area contributed by atoms with Crippen molar-refractivity contribution in [2.75, 3.05) is 13.1 Å². The van der Waals surface area contributed by atoms with E-state index in [1.54, 1.807) is 6.07 Å². The van der Waals surface area contributed by atoms with E-state index < -0.39 is 0 Å². The molecular weight excluding hydrogens is 363 g/mol. The number of benzene rings is 3. The molecular formula is C22H18ClFN2O. The van der Waals surface area contributed by atoms with Crippen LogP contribution in [0.5, 0.6) is 0 Å². The maximum atomic E-state index is 13.8. The van der Waals surface area contributed by atoms with Crippen LogP contribution in [0.25, 0.3) is 21.9 Å². The standard InChI is InChI=1S/C22H18ClFN2O/c23-16-7-15(8-17(24)9-16)20-3-1-2-13-6-14(4-5-21(13)20)22(27)26-11-18-10-19(12-26)25-18/h1-9,18-19,25H,10-12H2. The third-order valence-corrected chi connectivity index (χ3v) is 5.73. The molecule has 3 heterocycles. The molecule has 3 saturated heterocycles. The summed E-state index contributed by atoms with van der Waals surface area (Å²) in [5, 5.41) is 5.74. The highest BCUT2D eigenvalue weighted by Crippen LogP contribution is 2.32. The van der Waals surface area contributed by atoms with E-state index in [1.165, 1.54) is 18.6 Å². The van der Waals surface area contributed by atoms with E-state index in [9.17, 15) is 9.18 Å². The van der Waals surface area contributed by atoms with Gasteiger partial charge < -0.3 is 10.2 Å². The minimum Gasteiger partial charge on any atom is -0.336 e. The number of rotatable bonds is 2. The normalized spacial score (nSPS) is 21.2. The SMILES string of the molecule is O=C(c1ccc2c(-c3cc(F)cc(Cl)c3)cccc2c1)N1CC2CC(C1)N2. The molecule has 0 aliphatic carbocycles. The van der Waals surface area contributed by atoms with E-state index in [2.05, 4.69) is 5.32 Å². The van der Waals surface area contributed by atoms with E-state index >= 15 is 0 Å². The number of piperazine rings is 1. The number of fused-ring (bicyclic) bond motifs is 3. The Hall–Kier alpha value is -2.43. The Morgan fingerprint density at radius 1 is 1.07 bits per heavy atom. The van der Waals surface area contributed by atoms with Gasteiger partial charge in [0.15, 0.2) is 0 Å². The first-order valence-electron chi connectivity index (χ1n) is 9.11. The topological polar surface area (TPSA) is 32.3 Å². The molecule has 3 aliphatic rings. The number of amides is 1. The van der Waals surface area contributed by atoms with Crippen molar-refractivity contribution >= 4 is 28.3 Å². The van der Waals surface area contributed by atoms with Gasteiger partial charge in [-0.05, 0) is 58.7 Å². The van der Waals surface area contributed by atoms with E-state index in [-0.39, 0.29) is 11.7 Å². The number of halogens is 2. The van der Waals surface area contributed by atoms with Crippen molar-refractivity contribution in [3.63, 3.8) is 0 Å². The van der Waals surface area contributed by atoms with Crippen molar-refractivity contribution < 1.29 is 9.18 Å². The molecule has 3 fully saturated rings. The second-order valence-electron chi connectivity index (χ2n) is 7.41. The van der Waals surface area contributed by atoms with Gasteiger partial charge in [-0.2, -0.15) is 0 Å². The Morgan fingerprint density at radius 3 is 2.59 bits per heavy atom. The van der Waals surface area contributed by atoms with Crippen LogP contribution in [0.15, 0.2) is 54.6 Å². The van der Waals surface area contributed by atoms with Crippen LogP contribution < -0.4 is 5.32 Å². The fourth-order valence-corrected chi connectivity index (χ4v) is 4.46. The molecule has 2 atom stereocenters. The summed E-state index contributed by atoms with van der Waals surface area (Å²) in [6.45, 7) is 1.55. The zero-order chi connectivity index (χ0) is 18.5. The first-order valence-corrected chi connectivity index (χ1v) is 9.49. The number of hydrogen-bond acceptors (Lipinski definition) is 2. The first kappa shape index (κ1) is 16.7. The second-order valence-corrected chi connectivity index (χ2v) is 7.84. The molecule has 0 aromatic heterocycles. The maximum Gasteiger partial charge on any atom is 0.253 e. The smallest absolute Gasteiger partial charge is 0.253 e. The molecule has 3 aromatic carbocycles. The molecule has 1 amide bonds. The van der Waals surface area contributed by atoms with Crippen LogP contribution in [0.2, 0.25) is 5.02 Å². The van der Waals surface area contributed by atoms with E-state index in [1.807, 2.05) is 41.3 Å². The number of nitrogens with one attached hydrogen (secondary N) is 1. The lowest BCUT2D eigenvalue weighted by molar-refractivity contribution is 0.0474. The third kappa shape index (κ3) is 2.99. The second kappa shape index (κ2) is 6.32. The van der Waals surface area contributed by atoms with Gasteiger partial charge in [0.1, 0.15) is 5.82 Å². The van der Waals surface area contributed by atoms with Gasteiger partial charge in [-0.3, -0.25) is 4.79 Å². The van der Waals surface area contributed by atoms with Crippen LogP contribution in [-0.4, -0.2) is 36.0 Å². The van der Waals surface area contributed by atoms with E-state index in [0.29, 0.717) is 22.7 Å². The van der Waals surface area contributed by atoms with Gasteiger partial charge in [0.05, 0.1) is 0 Å². The van der Waals surface area contributed by atoms with E-state index in [0.717, 1.165) is 35.0 Å². The fraction of sp³-hybridized carbons (Fsp3) is 0.227. The monoisotopic (exact) mass is 380 g/mol. The summed E-state index contributed by atoms with van der Waals surface area (Å²) in [6, 6.07) is 17.0. The average Bonchev–Trinajstić information content (AvgIpc) is 2.65. The number of nitrogens with zero attached hydrogens (tertiary/aromatic N) is 1. The minimum atomic E-state index is -0.362. The predicted octanol–water partition coefficient (Wildman–Crippen LogP) is 4.49. The quantitative estimate of drug-likeness (QED) is 0.710. The van der Waals surface area contributed by atoms with Crippen molar-refractivity contribution in [3.05, 3.63) is 71.0 Å². The molecule has 6 rings (SSSR count). The molecule has 0 spiro atoms. The van der Waals surface area contributed by atoms with Crippen molar-refractivity contribution in [1.82, 2.24) is 10.2 Å². The van der Waals surface area contributed by atoms with Gasteiger partial charge in [0.2, 0.25) is 0 Å². The molecule has 3 aliphatic heterocycles. The van der Waals surface area contributed by atoms with Gasteiger partial charge in [-0.25, -0.2) is 4.39 Å². The van der Waals surface area contributed by atoms with Crippen molar-refractivity contribution in [3.8, 4) is 11.1 Å². The van der Waals surface area contributed by atoms with Crippen molar-refractivity contribution in [1.29, 1.82) is 0 Å². The summed E-state index contributed by atoms with van der Waals surface area (Å²) >= 11 is 6.02. The zero-order valence-electron chi connectivity index (χ0n) is 14.6. The highest BCUT2D eigenvalue weighted by Gasteiger charge is 2.38. The molecule has 0 radical (unpaired) electrons. The Balaban J connectivity index is 1.52. The summed E-state index contributed by atoms with van der Waals surface area (Å²) in [4.78, 5) is 14.8. The molecule has 0 saturated carbocycles. The summed E-state index contributed by atoms with van der Waals surface area (Å²) in [7, 11) is 0. The van der Waals surface area contributed by atoms with Gasteiger partial charge in [-0.1, -0.05) is 35.9 Å². The lowest BCUT2D eigenvalue weighted by atomic mass is 9.90. The number of carbonyl (C=O) groups is 1. The first-order chi connectivity index (χ1) is 13.1. The number of hydrogen-bond donors (Lipinski definition) is 1. The summed E-state index contributed by atoms with van der Waals surface area (Å²) in [6.07, 6.45) is 1.17. The third-order valence-electron chi connectivity index (χ3n) is 5.51. The average molecular weight is 381 g/mol. The van der Waals surface area contributed by atoms with Gasteiger partial charge >= 0.3 is 0 Å². The van der Waals surface area contributed by atoms with Crippen LogP contribution in [-0.2, 0) is 0 Å². The Bertz CT molecular complexity index is 1030. The van der Waals surface area contributed by atoms with Crippen LogP contribution in [0, 0.1) is 5.82 Å². The lowest BCUT2D eigenvalue weighted by Gasteiger charge is -2.48. The molecule has 2 bridgehead atoms. The summed E-state index contributed by atoms with van der Waals surface area (Å²) < 4.78 is 13.8. The van der Waals surface area contributed by atoms with Gasteiger partial charge in [0, 0.05) is 35.8 Å². The molecule has 136 valence electrons. The summed E-state index contributed by atoms with van der Waals surface area (Å²) in [5.74, 6) is -0.286. The largest absolute Gasteiger partial charge is 0.336 e. The highest BCUT2D eigenvalue weighted by atomic mass is 35.5. The van der Waals surface area contributed by atoms with Gasteiger partial charge in [-0.15, -0.1) is 0 Å². The van der Waals surface area contributed by atoms with Crippen molar-refractivity contribution in [2.24, 2.45) is 0 Å². The fourth-order valence-electron chi connectivity index (χ4n) is 4.24. The molecule has 5 heteroatoms. The number of carbonyl (C=O) groups excluding carboxylic acids is 1. The van der Waals surface area contributed by atoms with Crippen LogP contribution in [0.4, 0.5) is 4.39 Å². The molecule has 3 aromatic rings. The zero-order valence-corrected chi connectivity index (χ0v) is 15.3. The Kier molecular flexibility index (Phi) is 3.92. The predicted molar refractivity (Wildman–Crippen MR) is 106 cm³/mol. The van der Waals surface area contributed by atoms with E-state index in [4.69, 9.17) is 11.6 Å². The van der Waals surface area contributed by atoms with Crippen LogP contribution >= 0.6 is 11.6 Å². The molecule has 1 N–H and O–H groups in total. The minimum absolute atomic E-state index is 0.0762. The van der Waals surface area contributed by atoms with Crippen LogP contribution in [0.3, 0.4) is 0 Å². The van der Waals surface area contributed by atoms with Gasteiger partial charge in [0.25, 0.3) is 5.91 Å². The molecule has 2 unspecified atom stereocenters. The Morgan fingerprint density at radius 2 is 1.85 bits per heavy atom.